The number of rotatable bonds is 1. The van der Waals surface area contributed by atoms with Gasteiger partial charge in [0.1, 0.15) is 7.05 Å². The van der Waals surface area contributed by atoms with Crippen LogP contribution in [-0.2, 0) is 7.05 Å². The van der Waals surface area contributed by atoms with Crippen LogP contribution in [-0.4, -0.2) is 4.40 Å². The summed E-state index contributed by atoms with van der Waals surface area (Å²) < 4.78 is 4.73. The van der Waals surface area contributed by atoms with Crippen LogP contribution in [0, 0.1) is 6.92 Å². The molecule has 0 saturated heterocycles. The topological polar surface area (TPSA) is 8.29 Å². The molecular weight excluding hydrogens is 424 g/mol. The van der Waals surface area contributed by atoms with Gasteiger partial charge in [0.05, 0.1) is 22.1 Å². The van der Waals surface area contributed by atoms with Crippen molar-refractivity contribution >= 4 is 59.6 Å². The third kappa shape index (κ3) is 2.31. The molecule has 5 aromatic carbocycles. The zero-order chi connectivity index (χ0) is 23.3. The van der Waals surface area contributed by atoms with Crippen molar-refractivity contribution in [3.63, 3.8) is 0 Å². The largest absolute Gasteiger partial charge is 0.308 e. The predicted octanol–water partition coefficient (Wildman–Crippen LogP) is 7.94. The van der Waals surface area contributed by atoms with Crippen molar-refractivity contribution in [1.29, 1.82) is 0 Å². The van der Waals surface area contributed by atoms with E-state index in [1.165, 1.54) is 76.5 Å². The highest BCUT2D eigenvalue weighted by Gasteiger charge is 2.24. The van der Waals surface area contributed by atoms with Crippen molar-refractivity contribution in [2.45, 2.75) is 6.92 Å². The number of hydrogen-bond acceptors (Lipinski definition) is 0. The van der Waals surface area contributed by atoms with E-state index in [9.17, 15) is 0 Å². The molecule has 2 nitrogen and oxygen atoms in total. The quantitative estimate of drug-likeness (QED) is 0.178. The maximum atomic E-state index is 2.50. The van der Waals surface area contributed by atoms with Gasteiger partial charge in [0.2, 0.25) is 5.69 Å². The fraction of sp³-hybridized carbons (Fsp3) is 0.0606. The van der Waals surface area contributed by atoms with Crippen molar-refractivity contribution in [1.82, 2.24) is 4.40 Å². The van der Waals surface area contributed by atoms with Crippen LogP contribution >= 0.6 is 0 Å². The summed E-state index contributed by atoms with van der Waals surface area (Å²) in [7, 11) is 2.14. The number of pyridine rings is 1. The molecule has 3 aromatic heterocycles. The first-order chi connectivity index (χ1) is 17.2. The van der Waals surface area contributed by atoms with E-state index < -0.39 is 0 Å². The maximum Gasteiger partial charge on any atom is 0.212 e. The molecule has 164 valence electrons. The Morgan fingerprint density at radius 3 is 2.23 bits per heavy atom. The summed E-state index contributed by atoms with van der Waals surface area (Å²) in [6.07, 6.45) is 2.14. The summed E-state index contributed by atoms with van der Waals surface area (Å²) in [4.78, 5) is 0. The van der Waals surface area contributed by atoms with Crippen LogP contribution in [0.1, 0.15) is 5.56 Å². The molecule has 0 fully saturated rings. The molecule has 35 heavy (non-hydrogen) atoms. The van der Waals surface area contributed by atoms with Gasteiger partial charge in [0.15, 0.2) is 6.20 Å². The van der Waals surface area contributed by atoms with Crippen LogP contribution < -0.4 is 4.57 Å². The SMILES string of the molecule is Cc1c(-c2cccc[n+]2C)cc2c3c4c(ccc5ccccc54)ccc3n3c4ccccc4c1c23. The Morgan fingerprint density at radius 2 is 1.34 bits per heavy atom. The summed E-state index contributed by atoms with van der Waals surface area (Å²) in [5, 5.41) is 10.6. The number of fused-ring (bicyclic) bond motifs is 10. The van der Waals surface area contributed by atoms with Crippen LogP contribution in [0.3, 0.4) is 0 Å². The summed E-state index contributed by atoms with van der Waals surface area (Å²) >= 11 is 0. The van der Waals surface area contributed by atoms with Gasteiger partial charge in [-0.05, 0) is 58.3 Å². The van der Waals surface area contributed by atoms with Gasteiger partial charge < -0.3 is 4.40 Å². The van der Waals surface area contributed by atoms with Crippen LogP contribution in [0.15, 0.2) is 103 Å². The monoisotopic (exact) mass is 447 g/mol. The van der Waals surface area contributed by atoms with Gasteiger partial charge in [0, 0.05) is 33.7 Å². The van der Waals surface area contributed by atoms with Gasteiger partial charge >= 0.3 is 0 Å². The van der Waals surface area contributed by atoms with Gasteiger partial charge in [-0.2, -0.15) is 0 Å². The average molecular weight is 448 g/mol. The van der Waals surface area contributed by atoms with E-state index in [0.717, 1.165) is 0 Å². The lowest BCUT2D eigenvalue weighted by atomic mass is 9.93. The molecule has 0 radical (unpaired) electrons. The first kappa shape index (κ1) is 18.9. The zero-order valence-electron chi connectivity index (χ0n) is 19.7. The minimum atomic E-state index is 1.23. The fourth-order valence-electron chi connectivity index (χ4n) is 6.39. The molecular formula is C33H23N2+. The number of aryl methyl sites for hydroxylation is 2. The second-order valence-corrected chi connectivity index (χ2v) is 9.71. The lowest BCUT2D eigenvalue weighted by Gasteiger charge is -2.09. The molecule has 0 aliphatic rings. The molecule has 2 heteroatoms. The second-order valence-electron chi connectivity index (χ2n) is 9.71. The lowest BCUT2D eigenvalue weighted by Crippen LogP contribution is -2.30. The normalized spacial score (nSPS) is 12.3. The summed E-state index contributed by atoms with van der Waals surface area (Å²) in [6.45, 7) is 2.29. The summed E-state index contributed by atoms with van der Waals surface area (Å²) in [5.41, 5.74) is 7.76. The molecule has 0 aliphatic heterocycles. The predicted molar refractivity (Wildman–Crippen MR) is 147 cm³/mol. The first-order valence-corrected chi connectivity index (χ1v) is 12.2. The maximum absolute atomic E-state index is 2.50. The smallest absolute Gasteiger partial charge is 0.212 e. The standard InChI is InChI=1S/C33H23N2/c1-20-25(27-12-7-8-18-34(27)2)19-26-32-29(35-28-13-6-5-11-24(28)30(20)33(26)35)17-16-22-15-14-21-9-3-4-10-23(21)31(22)32/h3-19H,1-2H3/q+1. The second kappa shape index (κ2) is 6.58. The van der Waals surface area contributed by atoms with Gasteiger partial charge in [0.25, 0.3) is 0 Å². The molecule has 0 bridgehead atoms. The molecule has 0 N–H and O–H groups in total. The van der Waals surface area contributed by atoms with Crippen molar-refractivity contribution in [3.8, 4) is 11.3 Å². The summed E-state index contributed by atoms with van der Waals surface area (Å²) in [6, 6.07) is 35.7. The first-order valence-electron chi connectivity index (χ1n) is 12.2. The Morgan fingerprint density at radius 1 is 0.600 bits per heavy atom. The van der Waals surface area contributed by atoms with E-state index in [1.807, 2.05) is 0 Å². The van der Waals surface area contributed by atoms with Crippen LogP contribution in [0.25, 0.3) is 70.9 Å². The molecule has 0 amide bonds. The molecule has 0 saturated carbocycles. The van der Waals surface area contributed by atoms with E-state index in [4.69, 9.17) is 0 Å². The average Bonchev–Trinajstić information content (AvgIpc) is 3.41. The number of aromatic nitrogens is 2. The number of nitrogens with zero attached hydrogens (tertiary/aromatic N) is 2. The molecule has 0 aliphatic carbocycles. The minimum absolute atomic E-state index is 1.23. The fourth-order valence-corrected chi connectivity index (χ4v) is 6.39. The van der Waals surface area contributed by atoms with Crippen molar-refractivity contribution in [3.05, 3.63) is 109 Å². The van der Waals surface area contributed by atoms with E-state index in [2.05, 4.69) is 126 Å². The molecule has 0 atom stereocenters. The Hall–Kier alpha value is -4.43. The van der Waals surface area contributed by atoms with Crippen molar-refractivity contribution in [2.24, 2.45) is 7.05 Å². The third-order valence-corrected chi connectivity index (χ3v) is 7.93. The van der Waals surface area contributed by atoms with Crippen LogP contribution in [0.5, 0.6) is 0 Å². The van der Waals surface area contributed by atoms with Crippen LogP contribution in [0.4, 0.5) is 0 Å². The molecule has 3 heterocycles. The van der Waals surface area contributed by atoms with Crippen molar-refractivity contribution < 1.29 is 4.57 Å². The Labute approximate surface area is 202 Å². The Kier molecular flexibility index (Phi) is 3.56. The van der Waals surface area contributed by atoms with E-state index in [1.54, 1.807) is 0 Å². The van der Waals surface area contributed by atoms with Gasteiger partial charge in [-0.1, -0.05) is 60.7 Å². The third-order valence-electron chi connectivity index (χ3n) is 7.93. The van der Waals surface area contributed by atoms with Crippen LogP contribution in [0.2, 0.25) is 0 Å². The Balaban J connectivity index is 1.73. The zero-order valence-corrected chi connectivity index (χ0v) is 19.7. The van der Waals surface area contributed by atoms with Gasteiger partial charge in [-0.15, -0.1) is 0 Å². The van der Waals surface area contributed by atoms with Gasteiger partial charge in [-0.25, -0.2) is 4.57 Å². The summed E-state index contributed by atoms with van der Waals surface area (Å²) in [5.74, 6) is 0. The molecule has 8 aromatic rings. The highest BCUT2D eigenvalue weighted by atomic mass is 14.9. The molecule has 0 spiro atoms. The van der Waals surface area contributed by atoms with Gasteiger partial charge in [-0.3, -0.25) is 0 Å². The van der Waals surface area contributed by atoms with E-state index in [0.29, 0.717) is 0 Å². The van der Waals surface area contributed by atoms with Crippen molar-refractivity contribution in [2.75, 3.05) is 0 Å². The molecule has 8 rings (SSSR count). The lowest BCUT2D eigenvalue weighted by molar-refractivity contribution is -0.660. The highest BCUT2D eigenvalue weighted by Crippen LogP contribution is 2.46. The number of para-hydroxylation sites is 1. The van der Waals surface area contributed by atoms with E-state index in [-0.39, 0.29) is 0 Å². The minimum Gasteiger partial charge on any atom is -0.308 e. The number of hydrogen-bond donors (Lipinski definition) is 0. The van der Waals surface area contributed by atoms with E-state index >= 15 is 0 Å². The Bertz CT molecular complexity index is 2130. The highest BCUT2D eigenvalue weighted by molar-refractivity contribution is 6.33. The number of benzene rings is 5. The molecule has 0 unspecified atom stereocenters.